The van der Waals surface area contributed by atoms with Crippen molar-refractivity contribution in [2.24, 2.45) is 0 Å². The molecule has 6 heteroatoms. The monoisotopic (exact) mass is 448 g/mol. The minimum Gasteiger partial charge on any atom is -0.478 e. The number of aromatic nitrogens is 1. The lowest BCUT2D eigenvalue weighted by Gasteiger charge is -2.29. The Morgan fingerprint density at radius 1 is 1.10 bits per heavy atom. The fourth-order valence-corrected chi connectivity index (χ4v) is 3.80. The molecule has 2 aromatic carbocycles. The highest BCUT2D eigenvalue weighted by molar-refractivity contribution is 9.10. The third-order valence-electron chi connectivity index (χ3n) is 4.96. The molecule has 2 aliphatic heterocycles. The number of pyridine rings is 1. The standard InChI is InChI=1S/C23H17BrN2O3/c24-16-6-4-15(5-7-16)11-21-22(27)18-8-9-20-19(23(18)29-21)13-26(14-28-20)12-17-3-1-2-10-25-17/h1-11H,12-14H2/b21-11-. The second kappa shape index (κ2) is 7.46. The summed E-state index contributed by atoms with van der Waals surface area (Å²) in [5.74, 6) is 1.59. The van der Waals surface area contributed by atoms with Crippen LogP contribution in [0.2, 0.25) is 0 Å². The van der Waals surface area contributed by atoms with Gasteiger partial charge in [-0.1, -0.05) is 34.1 Å². The Kier molecular flexibility index (Phi) is 4.66. The zero-order chi connectivity index (χ0) is 19.8. The summed E-state index contributed by atoms with van der Waals surface area (Å²) >= 11 is 3.42. The van der Waals surface area contributed by atoms with E-state index >= 15 is 0 Å². The van der Waals surface area contributed by atoms with Crippen molar-refractivity contribution in [1.29, 1.82) is 0 Å². The van der Waals surface area contributed by atoms with Gasteiger partial charge in [-0.05, 0) is 48.0 Å². The van der Waals surface area contributed by atoms with Gasteiger partial charge in [-0.25, -0.2) is 0 Å². The Morgan fingerprint density at radius 3 is 2.76 bits per heavy atom. The molecule has 3 heterocycles. The van der Waals surface area contributed by atoms with E-state index in [2.05, 4.69) is 25.8 Å². The summed E-state index contributed by atoms with van der Waals surface area (Å²) < 4.78 is 12.9. The van der Waals surface area contributed by atoms with Crippen molar-refractivity contribution in [2.45, 2.75) is 13.1 Å². The van der Waals surface area contributed by atoms with Gasteiger partial charge in [0.05, 0.1) is 16.8 Å². The molecular formula is C23H17BrN2O3. The average Bonchev–Trinajstić information content (AvgIpc) is 3.06. The lowest BCUT2D eigenvalue weighted by Crippen LogP contribution is -2.32. The van der Waals surface area contributed by atoms with Gasteiger partial charge in [0.25, 0.3) is 0 Å². The molecule has 0 spiro atoms. The van der Waals surface area contributed by atoms with E-state index < -0.39 is 0 Å². The Hall–Kier alpha value is -2.96. The van der Waals surface area contributed by atoms with Gasteiger partial charge >= 0.3 is 0 Å². The highest BCUT2D eigenvalue weighted by atomic mass is 79.9. The molecule has 0 atom stereocenters. The van der Waals surface area contributed by atoms with Crippen LogP contribution in [0.15, 0.2) is 71.0 Å². The highest BCUT2D eigenvalue weighted by Crippen LogP contribution is 2.42. The SMILES string of the molecule is O=C1/C(=C/c2ccc(Br)cc2)Oc2c1ccc1c2CN(Cc2ccccn2)CO1. The predicted octanol–water partition coefficient (Wildman–Crippen LogP) is 4.81. The summed E-state index contributed by atoms with van der Waals surface area (Å²) in [5.41, 5.74) is 3.36. The smallest absolute Gasteiger partial charge is 0.231 e. The van der Waals surface area contributed by atoms with Crippen LogP contribution in [0.1, 0.15) is 27.2 Å². The molecule has 1 aromatic heterocycles. The number of benzene rings is 2. The molecule has 0 unspecified atom stereocenters. The molecule has 3 aromatic rings. The number of ether oxygens (including phenoxy) is 2. The number of ketones is 1. The van der Waals surface area contributed by atoms with E-state index in [-0.39, 0.29) is 5.78 Å². The lowest BCUT2D eigenvalue weighted by molar-refractivity contribution is 0.0861. The number of Topliss-reactive ketones (excluding diaryl/α,β-unsaturated/α-hetero) is 1. The minimum atomic E-state index is -0.104. The van der Waals surface area contributed by atoms with Gasteiger partial charge in [-0.3, -0.25) is 14.7 Å². The fraction of sp³-hybridized carbons (Fsp3) is 0.130. The molecule has 5 rings (SSSR count). The number of hydrogen-bond acceptors (Lipinski definition) is 5. The number of nitrogens with zero attached hydrogens (tertiary/aromatic N) is 2. The first-order valence-corrected chi connectivity index (χ1v) is 10.1. The first-order valence-electron chi connectivity index (χ1n) is 9.28. The zero-order valence-electron chi connectivity index (χ0n) is 15.5. The van der Waals surface area contributed by atoms with E-state index in [1.165, 1.54) is 0 Å². The van der Waals surface area contributed by atoms with Gasteiger partial charge in [0.1, 0.15) is 18.2 Å². The van der Waals surface area contributed by atoms with Crippen molar-refractivity contribution >= 4 is 27.8 Å². The first kappa shape index (κ1) is 18.1. The molecule has 0 aliphatic carbocycles. The quantitative estimate of drug-likeness (QED) is 0.538. The van der Waals surface area contributed by atoms with E-state index in [1.807, 2.05) is 48.5 Å². The van der Waals surface area contributed by atoms with Gasteiger partial charge in [0.15, 0.2) is 5.76 Å². The predicted molar refractivity (Wildman–Crippen MR) is 112 cm³/mol. The summed E-state index contributed by atoms with van der Waals surface area (Å²) in [5, 5.41) is 0. The van der Waals surface area contributed by atoms with Crippen LogP contribution in [-0.2, 0) is 13.1 Å². The van der Waals surface area contributed by atoms with Crippen molar-refractivity contribution in [2.75, 3.05) is 6.73 Å². The number of halogens is 1. The Bertz CT molecular complexity index is 1110. The summed E-state index contributed by atoms with van der Waals surface area (Å²) in [6.45, 7) is 1.77. The van der Waals surface area contributed by atoms with Crippen LogP contribution in [0.4, 0.5) is 0 Å². The van der Waals surface area contributed by atoms with Crippen LogP contribution in [-0.4, -0.2) is 22.4 Å². The first-order chi connectivity index (χ1) is 14.2. The van der Waals surface area contributed by atoms with E-state index in [0.717, 1.165) is 27.0 Å². The van der Waals surface area contributed by atoms with Crippen molar-refractivity contribution in [1.82, 2.24) is 9.88 Å². The van der Waals surface area contributed by atoms with Gasteiger partial charge in [0, 0.05) is 23.8 Å². The number of fused-ring (bicyclic) bond motifs is 3. The van der Waals surface area contributed by atoms with Gasteiger partial charge in [-0.15, -0.1) is 0 Å². The number of allylic oxidation sites excluding steroid dienone is 1. The van der Waals surface area contributed by atoms with Crippen LogP contribution in [0.3, 0.4) is 0 Å². The van der Waals surface area contributed by atoms with Gasteiger partial charge in [-0.2, -0.15) is 0 Å². The third kappa shape index (κ3) is 3.57. The van der Waals surface area contributed by atoms with Crippen molar-refractivity contribution in [3.05, 3.63) is 93.4 Å². The third-order valence-corrected chi connectivity index (χ3v) is 5.49. The second-order valence-electron chi connectivity index (χ2n) is 6.99. The molecule has 0 fully saturated rings. The Morgan fingerprint density at radius 2 is 1.97 bits per heavy atom. The van der Waals surface area contributed by atoms with E-state index in [0.29, 0.717) is 36.9 Å². The zero-order valence-corrected chi connectivity index (χ0v) is 17.1. The van der Waals surface area contributed by atoms with Crippen molar-refractivity contribution < 1.29 is 14.3 Å². The molecule has 0 N–H and O–H groups in total. The molecular weight excluding hydrogens is 432 g/mol. The Labute approximate surface area is 176 Å². The van der Waals surface area contributed by atoms with Crippen molar-refractivity contribution in [3.63, 3.8) is 0 Å². The molecule has 0 saturated carbocycles. The minimum absolute atomic E-state index is 0.104. The maximum atomic E-state index is 12.9. The fourth-order valence-electron chi connectivity index (χ4n) is 3.54. The lowest BCUT2D eigenvalue weighted by atomic mass is 10.0. The molecule has 0 saturated heterocycles. The normalized spacial score (nSPS) is 16.9. The van der Waals surface area contributed by atoms with E-state index in [1.54, 1.807) is 18.3 Å². The molecule has 0 radical (unpaired) electrons. The van der Waals surface area contributed by atoms with Gasteiger partial charge < -0.3 is 9.47 Å². The second-order valence-corrected chi connectivity index (χ2v) is 7.91. The molecule has 2 aliphatic rings. The van der Waals surface area contributed by atoms with Crippen LogP contribution < -0.4 is 9.47 Å². The molecule has 144 valence electrons. The molecule has 0 amide bonds. The summed E-state index contributed by atoms with van der Waals surface area (Å²) in [6, 6.07) is 17.2. The summed E-state index contributed by atoms with van der Waals surface area (Å²) in [7, 11) is 0. The number of hydrogen-bond donors (Lipinski definition) is 0. The largest absolute Gasteiger partial charge is 0.478 e. The van der Waals surface area contributed by atoms with Crippen LogP contribution in [0.25, 0.3) is 6.08 Å². The van der Waals surface area contributed by atoms with Crippen LogP contribution in [0, 0.1) is 0 Å². The number of carbonyl (C=O) groups excluding carboxylic acids is 1. The molecule has 0 bridgehead atoms. The maximum Gasteiger partial charge on any atom is 0.231 e. The Balaban J connectivity index is 1.43. The number of carbonyl (C=O) groups is 1. The highest BCUT2D eigenvalue weighted by Gasteiger charge is 2.33. The average molecular weight is 449 g/mol. The molecule has 5 nitrogen and oxygen atoms in total. The van der Waals surface area contributed by atoms with Crippen molar-refractivity contribution in [3.8, 4) is 11.5 Å². The summed E-state index contributed by atoms with van der Waals surface area (Å²) in [4.78, 5) is 19.4. The van der Waals surface area contributed by atoms with E-state index in [4.69, 9.17) is 9.47 Å². The van der Waals surface area contributed by atoms with E-state index in [9.17, 15) is 4.79 Å². The molecule has 29 heavy (non-hydrogen) atoms. The summed E-state index contributed by atoms with van der Waals surface area (Å²) in [6.07, 6.45) is 3.56. The maximum absolute atomic E-state index is 12.9. The van der Waals surface area contributed by atoms with Gasteiger partial charge in [0.2, 0.25) is 5.78 Å². The van der Waals surface area contributed by atoms with Crippen LogP contribution in [0.5, 0.6) is 11.5 Å². The topological polar surface area (TPSA) is 51.7 Å². The number of rotatable bonds is 3. The van der Waals surface area contributed by atoms with Crippen LogP contribution >= 0.6 is 15.9 Å².